The molecule has 2 aliphatic rings. The van der Waals surface area contributed by atoms with Gasteiger partial charge in [0.25, 0.3) is 0 Å². The third-order valence-electron chi connectivity index (χ3n) is 4.11. The first kappa shape index (κ1) is 11.3. The van der Waals surface area contributed by atoms with Gasteiger partial charge in [-0.15, -0.1) is 12.3 Å². The highest BCUT2D eigenvalue weighted by atomic mass is 16.2. The minimum Gasteiger partial charge on any atom is -0.334 e. The average Bonchev–Trinajstić information content (AvgIpc) is 2.79. The molecule has 2 atom stereocenters. The molecular weight excluding hydrogens is 222 g/mol. The molecule has 0 radical (unpaired) electrons. The van der Waals surface area contributed by atoms with Crippen LogP contribution >= 0.6 is 0 Å². The Kier molecular flexibility index (Phi) is 2.83. The van der Waals surface area contributed by atoms with Crippen LogP contribution in [0.5, 0.6) is 0 Å². The van der Waals surface area contributed by atoms with Crippen molar-refractivity contribution in [3.63, 3.8) is 0 Å². The summed E-state index contributed by atoms with van der Waals surface area (Å²) in [5, 5.41) is 0. The quantitative estimate of drug-likeness (QED) is 0.690. The molecule has 2 heteroatoms. The molecule has 0 aromatic heterocycles. The molecule has 2 unspecified atom stereocenters. The van der Waals surface area contributed by atoms with Crippen molar-refractivity contribution in [3.05, 3.63) is 35.4 Å². The van der Waals surface area contributed by atoms with Crippen molar-refractivity contribution >= 4 is 5.91 Å². The van der Waals surface area contributed by atoms with Gasteiger partial charge in [0.1, 0.15) is 0 Å². The average molecular weight is 239 g/mol. The van der Waals surface area contributed by atoms with Crippen molar-refractivity contribution in [2.24, 2.45) is 5.92 Å². The molecule has 1 aliphatic heterocycles. The van der Waals surface area contributed by atoms with Gasteiger partial charge >= 0.3 is 0 Å². The fraction of sp³-hybridized carbons (Fsp3) is 0.438. The van der Waals surface area contributed by atoms with Crippen molar-refractivity contribution in [2.75, 3.05) is 6.54 Å². The number of rotatable bonds is 1. The minimum atomic E-state index is 0.103. The molecule has 1 heterocycles. The van der Waals surface area contributed by atoms with E-state index in [0.29, 0.717) is 6.42 Å². The van der Waals surface area contributed by atoms with Gasteiger partial charge < -0.3 is 4.90 Å². The van der Waals surface area contributed by atoms with Gasteiger partial charge in [0.05, 0.1) is 6.04 Å². The second kappa shape index (κ2) is 4.49. The highest BCUT2D eigenvalue weighted by Crippen LogP contribution is 2.37. The highest BCUT2D eigenvalue weighted by Gasteiger charge is 2.35. The fourth-order valence-corrected chi connectivity index (χ4v) is 3.20. The number of amides is 1. The smallest absolute Gasteiger partial charge is 0.224 e. The Morgan fingerprint density at radius 1 is 1.33 bits per heavy atom. The second-order valence-electron chi connectivity index (χ2n) is 5.22. The maximum absolute atomic E-state index is 12.1. The number of hydrogen-bond acceptors (Lipinski definition) is 1. The summed E-state index contributed by atoms with van der Waals surface area (Å²) in [6.45, 7) is 0.730. The van der Waals surface area contributed by atoms with Crippen LogP contribution in [-0.2, 0) is 11.2 Å². The molecule has 1 aromatic carbocycles. The molecule has 1 aromatic rings. The number of benzene rings is 1. The number of carbonyl (C=O) groups excluding carboxylic acids is 1. The van der Waals surface area contributed by atoms with E-state index in [-0.39, 0.29) is 17.9 Å². The van der Waals surface area contributed by atoms with Gasteiger partial charge in [-0.25, -0.2) is 0 Å². The maximum atomic E-state index is 12.1. The number of likely N-dealkylation sites (tertiary alicyclic amines) is 1. The zero-order valence-electron chi connectivity index (χ0n) is 10.4. The Balaban J connectivity index is 1.91. The molecule has 1 aliphatic carbocycles. The largest absolute Gasteiger partial charge is 0.334 e. The van der Waals surface area contributed by atoms with Crippen molar-refractivity contribution in [1.82, 2.24) is 4.90 Å². The fourth-order valence-electron chi connectivity index (χ4n) is 3.20. The topological polar surface area (TPSA) is 20.3 Å². The Morgan fingerprint density at radius 2 is 2.17 bits per heavy atom. The summed E-state index contributed by atoms with van der Waals surface area (Å²) < 4.78 is 0. The molecule has 18 heavy (non-hydrogen) atoms. The van der Waals surface area contributed by atoms with Gasteiger partial charge in [0.2, 0.25) is 5.91 Å². The Hall–Kier alpha value is -1.75. The number of fused-ring (bicyclic) bond motifs is 1. The molecule has 0 spiro atoms. The van der Waals surface area contributed by atoms with Gasteiger partial charge in [-0.1, -0.05) is 24.3 Å². The zero-order chi connectivity index (χ0) is 12.5. The summed E-state index contributed by atoms with van der Waals surface area (Å²) in [4.78, 5) is 14.1. The van der Waals surface area contributed by atoms with Crippen LogP contribution in [0.2, 0.25) is 0 Å². The monoisotopic (exact) mass is 239 g/mol. The number of aryl methyl sites for hydroxylation is 1. The third kappa shape index (κ3) is 1.80. The number of nitrogens with zero attached hydrogens (tertiary/aromatic N) is 1. The molecule has 92 valence electrons. The second-order valence-corrected chi connectivity index (χ2v) is 5.22. The Bertz CT molecular complexity index is 514. The molecule has 3 rings (SSSR count). The molecule has 1 saturated heterocycles. The third-order valence-corrected chi connectivity index (χ3v) is 4.11. The van der Waals surface area contributed by atoms with Crippen LogP contribution in [0.4, 0.5) is 0 Å². The van der Waals surface area contributed by atoms with Crippen LogP contribution in [-0.4, -0.2) is 17.4 Å². The molecule has 0 N–H and O–H groups in total. The van der Waals surface area contributed by atoms with Gasteiger partial charge in [-0.2, -0.15) is 0 Å². The van der Waals surface area contributed by atoms with Gasteiger partial charge in [0, 0.05) is 18.9 Å². The van der Waals surface area contributed by atoms with Gasteiger partial charge in [-0.05, 0) is 30.4 Å². The Labute approximate surface area is 108 Å². The summed E-state index contributed by atoms with van der Waals surface area (Å²) in [7, 11) is 0. The summed E-state index contributed by atoms with van der Waals surface area (Å²) in [5.41, 5.74) is 2.72. The van der Waals surface area contributed by atoms with E-state index in [1.807, 2.05) is 4.90 Å². The van der Waals surface area contributed by atoms with Crippen LogP contribution in [0, 0.1) is 18.3 Å². The maximum Gasteiger partial charge on any atom is 0.224 e. The van der Waals surface area contributed by atoms with E-state index < -0.39 is 0 Å². The molecule has 2 nitrogen and oxygen atoms in total. The van der Waals surface area contributed by atoms with Gasteiger partial charge in [-0.3, -0.25) is 4.79 Å². The van der Waals surface area contributed by atoms with E-state index in [2.05, 4.69) is 30.2 Å². The first-order valence-electron chi connectivity index (χ1n) is 6.63. The highest BCUT2D eigenvalue weighted by molar-refractivity contribution is 5.80. The van der Waals surface area contributed by atoms with Crippen molar-refractivity contribution < 1.29 is 4.79 Å². The number of carbonyl (C=O) groups is 1. The van der Waals surface area contributed by atoms with Crippen molar-refractivity contribution in [1.29, 1.82) is 0 Å². The van der Waals surface area contributed by atoms with E-state index >= 15 is 0 Å². The van der Waals surface area contributed by atoms with E-state index in [4.69, 9.17) is 6.42 Å². The standard InChI is InChI=1S/C16H17NO/c1-2-12-10-16(18)17(11-12)15-9-5-7-13-6-3-4-8-14(13)15/h1,3-4,6,8,12,15H,5,7,9-11H2. The van der Waals surface area contributed by atoms with Crippen LogP contribution in [0.3, 0.4) is 0 Å². The number of terminal acetylenes is 1. The summed E-state index contributed by atoms with van der Waals surface area (Å²) >= 11 is 0. The van der Waals surface area contributed by atoms with Crippen LogP contribution < -0.4 is 0 Å². The van der Waals surface area contributed by atoms with E-state index in [0.717, 1.165) is 25.8 Å². The van der Waals surface area contributed by atoms with E-state index in [9.17, 15) is 4.79 Å². The molecule has 0 saturated carbocycles. The van der Waals surface area contributed by atoms with Crippen LogP contribution in [0.15, 0.2) is 24.3 Å². The predicted octanol–water partition coefficient (Wildman–Crippen LogP) is 2.55. The first-order chi connectivity index (χ1) is 8.79. The Morgan fingerprint density at radius 3 is 2.94 bits per heavy atom. The molecular formula is C16H17NO. The van der Waals surface area contributed by atoms with Crippen molar-refractivity contribution in [2.45, 2.75) is 31.7 Å². The molecule has 1 fully saturated rings. The van der Waals surface area contributed by atoms with E-state index in [1.165, 1.54) is 11.1 Å². The normalized spacial score (nSPS) is 26.8. The predicted molar refractivity (Wildman–Crippen MR) is 70.8 cm³/mol. The van der Waals surface area contributed by atoms with Crippen LogP contribution in [0.25, 0.3) is 0 Å². The lowest BCUT2D eigenvalue weighted by Crippen LogP contribution is -2.32. The minimum absolute atomic E-state index is 0.103. The molecule has 1 amide bonds. The van der Waals surface area contributed by atoms with E-state index in [1.54, 1.807) is 0 Å². The zero-order valence-corrected chi connectivity index (χ0v) is 10.4. The first-order valence-corrected chi connectivity index (χ1v) is 6.63. The summed E-state index contributed by atoms with van der Waals surface area (Å²) in [6.07, 6.45) is 9.34. The lowest BCUT2D eigenvalue weighted by Gasteiger charge is -2.33. The van der Waals surface area contributed by atoms with Crippen molar-refractivity contribution in [3.8, 4) is 12.3 Å². The van der Waals surface area contributed by atoms with Gasteiger partial charge in [0.15, 0.2) is 0 Å². The molecule has 0 bridgehead atoms. The summed E-state index contributed by atoms with van der Waals surface area (Å²) in [5.74, 6) is 3.05. The lowest BCUT2D eigenvalue weighted by molar-refractivity contribution is -0.130. The lowest BCUT2D eigenvalue weighted by atomic mass is 9.87. The summed E-state index contributed by atoms with van der Waals surface area (Å²) in [6, 6.07) is 8.74. The number of hydrogen-bond donors (Lipinski definition) is 0. The van der Waals surface area contributed by atoms with Crippen LogP contribution in [0.1, 0.15) is 36.4 Å². The SMILES string of the molecule is C#CC1CC(=O)N(C2CCCc3ccccc32)C1.